The summed E-state index contributed by atoms with van der Waals surface area (Å²) < 4.78 is 16.4. The minimum atomic E-state index is -0.750. The van der Waals surface area contributed by atoms with Crippen molar-refractivity contribution in [3.63, 3.8) is 0 Å². The fraction of sp³-hybridized carbons (Fsp3) is 0.476. The van der Waals surface area contributed by atoms with E-state index in [0.29, 0.717) is 29.6 Å². The van der Waals surface area contributed by atoms with Gasteiger partial charge < -0.3 is 15.2 Å². The second-order valence-electron chi connectivity index (χ2n) is 8.63. The van der Waals surface area contributed by atoms with Gasteiger partial charge in [0.15, 0.2) is 5.69 Å². The first kappa shape index (κ1) is 22.2. The summed E-state index contributed by atoms with van der Waals surface area (Å²) in [7, 11) is 3.47. The molecule has 2 amide bonds. The maximum Gasteiger partial charge on any atom is 0.272 e. The summed E-state index contributed by atoms with van der Waals surface area (Å²) in [6.45, 7) is 7.40. The highest BCUT2D eigenvalue weighted by atomic mass is 35.5. The Labute approximate surface area is 180 Å². The van der Waals surface area contributed by atoms with E-state index in [1.807, 2.05) is 32.4 Å². The van der Waals surface area contributed by atoms with E-state index in [1.165, 1.54) is 25.2 Å². The van der Waals surface area contributed by atoms with Gasteiger partial charge in [0, 0.05) is 31.7 Å². The molecule has 0 saturated carbocycles. The molecule has 1 aliphatic heterocycles. The van der Waals surface area contributed by atoms with Crippen LogP contribution in [0.4, 0.5) is 4.39 Å². The monoisotopic (exact) mass is 435 g/mol. The number of likely N-dealkylation sites (N-methyl/N-ethyl adjacent to an activating group) is 2. The number of amides is 2. The average Bonchev–Trinajstić information content (AvgIpc) is 3.04. The van der Waals surface area contributed by atoms with Crippen LogP contribution in [0, 0.1) is 11.2 Å². The lowest BCUT2D eigenvalue weighted by Gasteiger charge is -2.30. The number of hydrogen-bond acceptors (Lipinski definition) is 4. The molecule has 162 valence electrons. The predicted octanol–water partition coefficient (Wildman–Crippen LogP) is 2.68. The third-order valence-corrected chi connectivity index (χ3v) is 5.47. The molecular formula is C21H27ClFN5O2. The van der Waals surface area contributed by atoms with E-state index in [9.17, 15) is 14.0 Å². The van der Waals surface area contributed by atoms with Gasteiger partial charge >= 0.3 is 0 Å². The van der Waals surface area contributed by atoms with E-state index in [1.54, 1.807) is 0 Å². The Kier molecular flexibility index (Phi) is 6.19. The van der Waals surface area contributed by atoms with Crippen molar-refractivity contribution in [1.82, 2.24) is 25.1 Å². The minimum absolute atomic E-state index is 0.189. The molecule has 0 fully saturated rings. The van der Waals surface area contributed by atoms with Gasteiger partial charge in [-0.3, -0.25) is 14.5 Å². The van der Waals surface area contributed by atoms with Crippen molar-refractivity contribution >= 4 is 23.4 Å². The zero-order chi connectivity index (χ0) is 22.2. The molecule has 2 aromatic rings. The van der Waals surface area contributed by atoms with Crippen molar-refractivity contribution < 1.29 is 14.0 Å². The highest BCUT2D eigenvalue weighted by Gasteiger charge is 2.35. The van der Waals surface area contributed by atoms with E-state index in [-0.39, 0.29) is 17.2 Å². The van der Waals surface area contributed by atoms with E-state index >= 15 is 0 Å². The normalized spacial score (nSPS) is 15.4. The van der Waals surface area contributed by atoms with Crippen LogP contribution in [-0.2, 0) is 17.9 Å². The summed E-state index contributed by atoms with van der Waals surface area (Å²) in [6, 6.07) is 3.52. The van der Waals surface area contributed by atoms with Gasteiger partial charge in [0.05, 0.1) is 11.3 Å². The molecule has 3 rings (SSSR count). The van der Waals surface area contributed by atoms with Crippen molar-refractivity contribution in [2.24, 2.45) is 5.41 Å². The molecule has 0 unspecified atom stereocenters. The fourth-order valence-electron chi connectivity index (χ4n) is 3.57. The maximum absolute atomic E-state index is 14.6. The van der Waals surface area contributed by atoms with Gasteiger partial charge in [0.1, 0.15) is 17.7 Å². The molecule has 1 aromatic heterocycles. The number of rotatable bonds is 4. The SMILES string of the molecule is CNC(=O)[C@@H](NC(=O)c1nc(-c2cc(Cl)ccc2F)n2c1CN(C)CC2)C(C)(C)C. The Morgan fingerprint density at radius 2 is 1.97 bits per heavy atom. The fourth-order valence-corrected chi connectivity index (χ4v) is 3.74. The van der Waals surface area contributed by atoms with Crippen molar-refractivity contribution in [1.29, 1.82) is 0 Å². The van der Waals surface area contributed by atoms with Crippen LogP contribution < -0.4 is 10.6 Å². The molecule has 2 heterocycles. The zero-order valence-electron chi connectivity index (χ0n) is 17.8. The van der Waals surface area contributed by atoms with Gasteiger partial charge in [-0.15, -0.1) is 0 Å². The van der Waals surface area contributed by atoms with Crippen molar-refractivity contribution in [3.8, 4) is 11.4 Å². The first-order chi connectivity index (χ1) is 14.0. The van der Waals surface area contributed by atoms with Crippen LogP contribution in [0.3, 0.4) is 0 Å². The highest BCUT2D eigenvalue weighted by Crippen LogP contribution is 2.30. The van der Waals surface area contributed by atoms with Crippen molar-refractivity contribution in [2.75, 3.05) is 20.6 Å². The van der Waals surface area contributed by atoms with Crippen LogP contribution in [0.5, 0.6) is 0 Å². The van der Waals surface area contributed by atoms with E-state index in [4.69, 9.17) is 11.6 Å². The molecular weight excluding hydrogens is 409 g/mol. The first-order valence-corrected chi connectivity index (χ1v) is 10.2. The van der Waals surface area contributed by atoms with E-state index in [2.05, 4.69) is 20.5 Å². The van der Waals surface area contributed by atoms with Crippen LogP contribution >= 0.6 is 11.6 Å². The molecule has 7 nitrogen and oxygen atoms in total. The summed E-state index contributed by atoms with van der Waals surface area (Å²) in [6.07, 6.45) is 0. The number of hydrogen-bond donors (Lipinski definition) is 2. The molecule has 0 bridgehead atoms. The molecule has 9 heteroatoms. The van der Waals surface area contributed by atoms with E-state index < -0.39 is 23.2 Å². The van der Waals surface area contributed by atoms with Gasteiger partial charge in [0.25, 0.3) is 5.91 Å². The van der Waals surface area contributed by atoms with Gasteiger partial charge in [-0.2, -0.15) is 0 Å². The Hall–Kier alpha value is -2.45. The standard InChI is InChI=1S/C21H27ClFN5O2/c1-21(2,3)17(20(30)24-4)26-19(29)16-15-11-27(5)8-9-28(15)18(25-16)13-10-12(22)6-7-14(13)23/h6-7,10,17H,8-9,11H2,1-5H3,(H,24,30)(H,26,29)/t17-/m1/s1. The molecule has 0 radical (unpaired) electrons. The number of nitrogens with one attached hydrogen (secondary N) is 2. The summed E-state index contributed by atoms with van der Waals surface area (Å²) in [5.41, 5.74) is 0.606. The molecule has 0 saturated heterocycles. The van der Waals surface area contributed by atoms with Gasteiger partial charge in [0.2, 0.25) is 5.91 Å². The van der Waals surface area contributed by atoms with Crippen LogP contribution in [0.15, 0.2) is 18.2 Å². The summed E-state index contributed by atoms with van der Waals surface area (Å²) >= 11 is 6.08. The van der Waals surface area contributed by atoms with Gasteiger partial charge in [-0.05, 0) is 30.7 Å². The minimum Gasteiger partial charge on any atom is -0.357 e. The number of halogens is 2. The molecule has 1 aliphatic rings. The lowest BCUT2D eigenvalue weighted by atomic mass is 9.86. The highest BCUT2D eigenvalue weighted by molar-refractivity contribution is 6.30. The van der Waals surface area contributed by atoms with Crippen LogP contribution in [0.2, 0.25) is 5.02 Å². The lowest BCUT2D eigenvalue weighted by Crippen LogP contribution is -2.53. The number of fused-ring (bicyclic) bond motifs is 1. The largest absolute Gasteiger partial charge is 0.357 e. The van der Waals surface area contributed by atoms with Crippen molar-refractivity contribution in [3.05, 3.63) is 40.4 Å². The van der Waals surface area contributed by atoms with Gasteiger partial charge in [-0.1, -0.05) is 32.4 Å². The molecule has 1 atom stereocenters. The molecule has 2 N–H and O–H groups in total. The Morgan fingerprint density at radius 3 is 2.60 bits per heavy atom. The second-order valence-corrected chi connectivity index (χ2v) is 9.07. The number of carbonyl (C=O) groups is 2. The lowest BCUT2D eigenvalue weighted by molar-refractivity contribution is -0.124. The van der Waals surface area contributed by atoms with E-state index in [0.717, 1.165) is 6.54 Å². The second kappa shape index (κ2) is 8.35. The molecule has 0 aliphatic carbocycles. The predicted molar refractivity (Wildman–Crippen MR) is 114 cm³/mol. The average molecular weight is 436 g/mol. The summed E-state index contributed by atoms with van der Waals surface area (Å²) in [5.74, 6) is -0.861. The number of carbonyl (C=O) groups excluding carboxylic acids is 2. The topological polar surface area (TPSA) is 79.3 Å². The van der Waals surface area contributed by atoms with Crippen LogP contribution in [0.25, 0.3) is 11.4 Å². The number of aromatic nitrogens is 2. The van der Waals surface area contributed by atoms with Crippen LogP contribution in [-0.4, -0.2) is 52.9 Å². The summed E-state index contributed by atoms with van der Waals surface area (Å²) in [4.78, 5) is 32.1. The third kappa shape index (κ3) is 4.34. The third-order valence-electron chi connectivity index (χ3n) is 5.23. The Morgan fingerprint density at radius 1 is 1.27 bits per heavy atom. The maximum atomic E-state index is 14.6. The smallest absolute Gasteiger partial charge is 0.272 e. The molecule has 0 spiro atoms. The Balaban J connectivity index is 2.07. The molecule has 1 aromatic carbocycles. The number of benzene rings is 1. The van der Waals surface area contributed by atoms with Gasteiger partial charge in [-0.25, -0.2) is 9.37 Å². The first-order valence-electron chi connectivity index (χ1n) is 9.78. The Bertz CT molecular complexity index is 983. The zero-order valence-corrected chi connectivity index (χ0v) is 18.6. The molecule has 30 heavy (non-hydrogen) atoms. The van der Waals surface area contributed by atoms with Crippen LogP contribution in [0.1, 0.15) is 37.0 Å². The summed E-state index contributed by atoms with van der Waals surface area (Å²) in [5, 5.41) is 5.79. The quantitative estimate of drug-likeness (QED) is 0.773. The van der Waals surface area contributed by atoms with Crippen molar-refractivity contribution in [2.45, 2.75) is 39.9 Å². The number of nitrogens with zero attached hydrogens (tertiary/aromatic N) is 3. The number of imidazole rings is 1.